The summed E-state index contributed by atoms with van der Waals surface area (Å²) in [4.78, 5) is 4.15. The van der Waals surface area contributed by atoms with Crippen molar-refractivity contribution in [1.29, 1.82) is 0 Å². The van der Waals surface area contributed by atoms with E-state index in [9.17, 15) is 8.42 Å². The van der Waals surface area contributed by atoms with Crippen LogP contribution in [0.1, 0.15) is 25.0 Å². The lowest BCUT2D eigenvalue weighted by Crippen LogP contribution is -2.52. The van der Waals surface area contributed by atoms with Crippen LogP contribution in [0.3, 0.4) is 0 Å². The minimum Gasteiger partial charge on any atom is -0.318 e. The summed E-state index contributed by atoms with van der Waals surface area (Å²) in [5.74, 6) is 0. The van der Waals surface area contributed by atoms with E-state index in [-0.39, 0.29) is 6.04 Å². The van der Waals surface area contributed by atoms with Crippen molar-refractivity contribution in [2.24, 2.45) is 0 Å². The predicted octanol–water partition coefficient (Wildman–Crippen LogP) is 0.894. The van der Waals surface area contributed by atoms with Crippen molar-refractivity contribution < 1.29 is 8.42 Å². The number of aromatic nitrogens is 1. The van der Waals surface area contributed by atoms with E-state index in [0.717, 1.165) is 25.0 Å². The summed E-state index contributed by atoms with van der Waals surface area (Å²) in [6.45, 7) is 1.63. The Hall–Kier alpha value is -0.540. The highest BCUT2D eigenvalue weighted by atomic mass is 32.2. The highest BCUT2D eigenvalue weighted by molar-refractivity contribution is 7.86. The van der Waals surface area contributed by atoms with Crippen molar-refractivity contribution in [2.45, 2.75) is 31.8 Å². The van der Waals surface area contributed by atoms with Gasteiger partial charge in [-0.1, -0.05) is 6.42 Å². The first-order chi connectivity index (χ1) is 9.55. The number of nitrogens with zero attached hydrogens (tertiary/aromatic N) is 3. The third-order valence-corrected chi connectivity index (χ3v) is 6.20. The zero-order chi connectivity index (χ0) is 14.6. The number of likely N-dealkylation sites (N-methyl/N-ethyl adjacent to an activating group) is 1. The molecule has 1 fully saturated rings. The van der Waals surface area contributed by atoms with Gasteiger partial charge in [0.1, 0.15) is 0 Å². The molecule has 114 valence electrons. The Morgan fingerprint density at radius 1 is 1.55 bits per heavy atom. The number of hydrogen-bond donors (Lipinski definition) is 1. The molecule has 0 saturated carbocycles. The molecule has 0 aliphatic carbocycles. The fourth-order valence-corrected chi connectivity index (χ4v) is 4.64. The van der Waals surface area contributed by atoms with Crippen LogP contribution in [-0.2, 0) is 16.8 Å². The van der Waals surface area contributed by atoms with E-state index in [1.165, 1.54) is 15.6 Å². The van der Waals surface area contributed by atoms with Gasteiger partial charge in [-0.3, -0.25) is 0 Å². The number of thiazole rings is 1. The quantitative estimate of drug-likeness (QED) is 0.846. The molecule has 0 bridgehead atoms. The molecule has 0 amide bonds. The van der Waals surface area contributed by atoms with Gasteiger partial charge < -0.3 is 5.32 Å². The molecule has 2 rings (SSSR count). The molecule has 6 nitrogen and oxygen atoms in total. The Morgan fingerprint density at radius 2 is 2.35 bits per heavy atom. The predicted molar refractivity (Wildman–Crippen MR) is 80.8 cm³/mol. The number of hydrogen-bond acceptors (Lipinski definition) is 5. The van der Waals surface area contributed by atoms with Gasteiger partial charge in [-0.2, -0.15) is 17.0 Å². The zero-order valence-electron chi connectivity index (χ0n) is 11.9. The minimum absolute atomic E-state index is 0.0524. The highest BCUT2D eigenvalue weighted by Gasteiger charge is 2.34. The van der Waals surface area contributed by atoms with Crippen molar-refractivity contribution in [2.75, 3.05) is 27.2 Å². The second-order valence-corrected chi connectivity index (χ2v) is 7.77. The average Bonchev–Trinajstić information content (AvgIpc) is 2.92. The maximum absolute atomic E-state index is 12.7. The van der Waals surface area contributed by atoms with E-state index < -0.39 is 10.2 Å². The van der Waals surface area contributed by atoms with Gasteiger partial charge in [-0.25, -0.2) is 4.98 Å². The maximum Gasteiger partial charge on any atom is 0.282 e. The molecule has 1 aromatic heterocycles. The van der Waals surface area contributed by atoms with Crippen LogP contribution in [0.4, 0.5) is 0 Å². The first-order valence-corrected chi connectivity index (χ1v) is 9.14. The Balaban J connectivity index is 2.10. The third kappa shape index (κ3) is 3.56. The van der Waals surface area contributed by atoms with Gasteiger partial charge in [-0.05, 0) is 19.9 Å². The monoisotopic (exact) mass is 318 g/mol. The molecule has 1 unspecified atom stereocenters. The molecule has 1 aliphatic heterocycles. The molecule has 1 aliphatic rings. The lowest BCUT2D eigenvalue weighted by atomic mass is 10.1. The van der Waals surface area contributed by atoms with E-state index in [1.54, 1.807) is 16.9 Å². The van der Waals surface area contributed by atoms with Gasteiger partial charge >= 0.3 is 0 Å². The summed E-state index contributed by atoms with van der Waals surface area (Å²) in [7, 11) is 0.0660. The van der Waals surface area contributed by atoms with Crippen LogP contribution >= 0.6 is 11.3 Å². The molecule has 1 N–H and O–H groups in total. The second kappa shape index (κ2) is 6.95. The summed E-state index contributed by atoms with van der Waals surface area (Å²) in [5, 5.41) is 4.97. The first-order valence-electron chi connectivity index (χ1n) is 6.80. The number of piperidine rings is 1. The maximum atomic E-state index is 12.7. The van der Waals surface area contributed by atoms with Crippen molar-refractivity contribution in [3.8, 4) is 0 Å². The number of nitrogens with one attached hydrogen (secondary N) is 1. The van der Waals surface area contributed by atoms with E-state index in [1.807, 2.05) is 12.4 Å². The zero-order valence-corrected chi connectivity index (χ0v) is 13.6. The van der Waals surface area contributed by atoms with Crippen LogP contribution in [0.2, 0.25) is 0 Å². The summed E-state index contributed by atoms with van der Waals surface area (Å²) in [6, 6.07) is 0.0524. The summed E-state index contributed by atoms with van der Waals surface area (Å²) in [6.07, 6.45) is 2.95. The second-order valence-electron chi connectivity index (χ2n) is 5.06. The van der Waals surface area contributed by atoms with Gasteiger partial charge in [-0.15, -0.1) is 11.3 Å². The molecule has 20 heavy (non-hydrogen) atoms. The molecule has 2 heterocycles. The van der Waals surface area contributed by atoms with Crippen molar-refractivity contribution in [3.05, 3.63) is 16.6 Å². The van der Waals surface area contributed by atoms with Crippen LogP contribution in [0.5, 0.6) is 0 Å². The molecule has 8 heteroatoms. The SMILES string of the molecule is CNCC1CCCCN1S(=O)(=O)N(C)Cc1cscn1. The Labute approximate surface area is 125 Å². The summed E-state index contributed by atoms with van der Waals surface area (Å²) >= 11 is 1.48. The van der Waals surface area contributed by atoms with E-state index >= 15 is 0 Å². The highest BCUT2D eigenvalue weighted by Crippen LogP contribution is 2.22. The molecule has 1 aromatic rings. The van der Waals surface area contributed by atoms with Gasteiger partial charge in [0.05, 0.1) is 17.7 Å². The summed E-state index contributed by atoms with van der Waals surface area (Å²) < 4.78 is 28.4. The molecular formula is C12H22N4O2S2. The number of rotatable bonds is 6. The van der Waals surface area contributed by atoms with Crippen LogP contribution in [0.15, 0.2) is 10.9 Å². The van der Waals surface area contributed by atoms with Crippen LogP contribution in [0, 0.1) is 0 Å². The van der Waals surface area contributed by atoms with Crippen LogP contribution < -0.4 is 5.32 Å². The fraction of sp³-hybridized carbons (Fsp3) is 0.750. The standard InChI is InChI=1S/C12H22N4O2S2/c1-13-7-12-5-3-4-6-16(12)20(17,18)15(2)8-11-9-19-10-14-11/h9-10,12-13H,3-8H2,1-2H3. The minimum atomic E-state index is -3.42. The van der Waals surface area contributed by atoms with Crippen LogP contribution in [0.25, 0.3) is 0 Å². The Morgan fingerprint density at radius 3 is 3.00 bits per heavy atom. The van der Waals surface area contributed by atoms with Crippen molar-refractivity contribution >= 4 is 21.5 Å². The fourth-order valence-electron chi connectivity index (χ4n) is 2.52. The molecule has 1 saturated heterocycles. The summed E-state index contributed by atoms with van der Waals surface area (Å²) in [5.41, 5.74) is 2.52. The largest absolute Gasteiger partial charge is 0.318 e. The molecular weight excluding hydrogens is 296 g/mol. The lowest BCUT2D eigenvalue weighted by Gasteiger charge is -2.36. The van der Waals surface area contributed by atoms with E-state index in [0.29, 0.717) is 19.6 Å². The van der Waals surface area contributed by atoms with Crippen molar-refractivity contribution in [1.82, 2.24) is 18.9 Å². The Bertz CT molecular complexity index is 502. The average molecular weight is 318 g/mol. The third-order valence-electron chi connectivity index (χ3n) is 3.57. The smallest absolute Gasteiger partial charge is 0.282 e. The molecule has 0 radical (unpaired) electrons. The van der Waals surface area contributed by atoms with Gasteiger partial charge in [0.25, 0.3) is 10.2 Å². The Kier molecular flexibility index (Phi) is 5.50. The topological polar surface area (TPSA) is 65.5 Å². The van der Waals surface area contributed by atoms with Gasteiger partial charge in [0, 0.05) is 31.6 Å². The van der Waals surface area contributed by atoms with E-state index in [2.05, 4.69) is 10.3 Å². The first kappa shape index (κ1) is 15.8. The molecule has 1 atom stereocenters. The van der Waals surface area contributed by atoms with Crippen LogP contribution in [-0.4, -0.2) is 55.2 Å². The lowest BCUT2D eigenvalue weighted by molar-refractivity contribution is 0.232. The normalized spacial score (nSPS) is 21.4. The molecule has 0 spiro atoms. The van der Waals surface area contributed by atoms with Gasteiger partial charge in [0.2, 0.25) is 0 Å². The molecule has 0 aromatic carbocycles. The van der Waals surface area contributed by atoms with Crippen molar-refractivity contribution in [3.63, 3.8) is 0 Å². The van der Waals surface area contributed by atoms with E-state index in [4.69, 9.17) is 0 Å². The van der Waals surface area contributed by atoms with Gasteiger partial charge in [0.15, 0.2) is 0 Å².